The van der Waals surface area contributed by atoms with Gasteiger partial charge in [0.25, 0.3) is 0 Å². The van der Waals surface area contributed by atoms with Crippen LogP contribution in [-0.4, -0.2) is 15.1 Å². The Hall–Kier alpha value is -1.33. The van der Waals surface area contributed by atoms with E-state index >= 15 is 0 Å². The Morgan fingerprint density at radius 3 is 2.53 bits per heavy atom. The predicted octanol–water partition coefficient (Wildman–Crippen LogP) is 3.58. The van der Waals surface area contributed by atoms with Gasteiger partial charge < -0.3 is 5.11 Å². The van der Waals surface area contributed by atoms with Crippen molar-refractivity contribution in [1.82, 2.24) is 9.97 Å². The third kappa shape index (κ3) is 3.16. The molecule has 0 fully saturated rings. The van der Waals surface area contributed by atoms with Crippen molar-refractivity contribution in [1.29, 1.82) is 0 Å². The summed E-state index contributed by atoms with van der Waals surface area (Å²) < 4.78 is 14.6. The number of aromatic nitrogens is 2. The van der Waals surface area contributed by atoms with Crippen molar-refractivity contribution in [3.63, 3.8) is 0 Å². The van der Waals surface area contributed by atoms with Crippen LogP contribution < -0.4 is 0 Å². The number of rotatable bonds is 2. The highest BCUT2D eigenvalue weighted by Gasteiger charge is 2.21. The zero-order chi connectivity index (χ0) is 14.2. The minimum absolute atomic E-state index is 0.280. The van der Waals surface area contributed by atoms with Crippen molar-refractivity contribution in [3.8, 4) is 11.3 Å². The zero-order valence-corrected chi connectivity index (χ0v) is 12.5. The van der Waals surface area contributed by atoms with E-state index in [1.54, 1.807) is 39.0 Å². The van der Waals surface area contributed by atoms with E-state index in [-0.39, 0.29) is 11.6 Å². The molecule has 1 aromatic heterocycles. The second-order valence-electron chi connectivity index (χ2n) is 4.90. The normalized spacial score (nSPS) is 11.7. The molecule has 0 saturated carbocycles. The van der Waals surface area contributed by atoms with Crippen molar-refractivity contribution in [3.05, 3.63) is 46.1 Å². The van der Waals surface area contributed by atoms with Gasteiger partial charge in [0.2, 0.25) is 0 Å². The second-order valence-corrected chi connectivity index (χ2v) is 5.82. The molecule has 3 nitrogen and oxygen atoms in total. The average Bonchev–Trinajstić information content (AvgIpc) is 2.30. The van der Waals surface area contributed by atoms with Gasteiger partial charge in [0.05, 0.1) is 5.69 Å². The Morgan fingerprint density at radius 1 is 1.21 bits per heavy atom. The van der Waals surface area contributed by atoms with Gasteiger partial charge in [0, 0.05) is 15.7 Å². The quantitative estimate of drug-likeness (QED) is 0.918. The number of halogens is 2. The van der Waals surface area contributed by atoms with Gasteiger partial charge in [-0.15, -0.1) is 0 Å². The number of aliphatic hydroxyl groups is 1. The highest BCUT2D eigenvalue weighted by Crippen LogP contribution is 2.27. The Morgan fingerprint density at radius 2 is 1.89 bits per heavy atom. The molecule has 0 aliphatic rings. The summed E-state index contributed by atoms with van der Waals surface area (Å²) in [6.07, 6.45) is 0. The van der Waals surface area contributed by atoms with E-state index in [0.717, 1.165) is 4.47 Å². The maximum Gasteiger partial charge on any atom is 0.160 e. The van der Waals surface area contributed by atoms with Crippen LogP contribution in [0.3, 0.4) is 0 Å². The molecule has 100 valence electrons. The minimum Gasteiger partial charge on any atom is -0.382 e. The lowest BCUT2D eigenvalue weighted by atomic mass is 10.1. The van der Waals surface area contributed by atoms with Gasteiger partial charge >= 0.3 is 0 Å². The fraction of sp³-hybridized carbons (Fsp3) is 0.286. The first-order chi connectivity index (χ1) is 8.77. The lowest BCUT2D eigenvalue weighted by molar-refractivity contribution is 0.0686. The van der Waals surface area contributed by atoms with Crippen LogP contribution in [0.15, 0.2) is 28.7 Å². The Bertz CT molecular complexity index is 623. The van der Waals surface area contributed by atoms with E-state index in [2.05, 4.69) is 25.9 Å². The summed E-state index contributed by atoms with van der Waals surface area (Å²) in [7, 11) is 0. The van der Waals surface area contributed by atoms with Gasteiger partial charge in [0.1, 0.15) is 11.4 Å². The molecule has 0 amide bonds. The molecular weight excluding hydrogens is 311 g/mol. The van der Waals surface area contributed by atoms with Crippen LogP contribution in [0, 0.1) is 12.7 Å². The number of nitrogens with zero attached hydrogens (tertiary/aromatic N) is 2. The SMILES string of the molecule is Cc1cc(-c2cc(Br)ccc2F)nc(C(C)(C)O)n1. The van der Waals surface area contributed by atoms with Gasteiger partial charge in [-0.1, -0.05) is 15.9 Å². The molecule has 5 heteroatoms. The first-order valence-corrected chi connectivity index (χ1v) is 6.60. The highest BCUT2D eigenvalue weighted by atomic mass is 79.9. The molecule has 0 aliphatic carbocycles. The summed E-state index contributed by atoms with van der Waals surface area (Å²) in [6.45, 7) is 4.99. The summed E-state index contributed by atoms with van der Waals surface area (Å²) in [4.78, 5) is 8.44. The van der Waals surface area contributed by atoms with Crippen LogP contribution in [-0.2, 0) is 5.60 Å². The smallest absolute Gasteiger partial charge is 0.160 e. The van der Waals surface area contributed by atoms with E-state index in [4.69, 9.17) is 0 Å². The summed E-state index contributed by atoms with van der Waals surface area (Å²) in [5.74, 6) is -0.0788. The molecule has 0 spiro atoms. The number of hydrogen-bond donors (Lipinski definition) is 1. The monoisotopic (exact) mass is 324 g/mol. The summed E-state index contributed by atoms with van der Waals surface area (Å²) in [6, 6.07) is 6.36. The topological polar surface area (TPSA) is 46.0 Å². The van der Waals surface area contributed by atoms with Gasteiger partial charge in [-0.3, -0.25) is 0 Å². The van der Waals surface area contributed by atoms with Crippen molar-refractivity contribution in [2.75, 3.05) is 0 Å². The first-order valence-electron chi connectivity index (χ1n) is 5.81. The molecule has 2 rings (SSSR count). The third-order valence-electron chi connectivity index (χ3n) is 2.61. The fourth-order valence-corrected chi connectivity index (χ4v) is 2.04. The predicted molar refractivity (Wildman–Crippen MR) is 75.1 cm³/mol. The lowest BCUT2D eigenvalue weighted by Gasteiger charge is -2.17. The molecule has 1 heterocycles. The van der Waals surface area contributed by atoms with Gasteiger partial charge in [-0.25, -0.2) is 14.4 Å². The van der Waals surface area contributed by atoms with Crippen LogP contribution in [0.5, 0.6) is 0 Å². The van der Waals surface area contributed by atoms with Crippen LogP contribution in [0.4, 0.5) is 4.39 Å². The number of aryl methyl sites for hydroxylation is 1. The third-order valence-corrected chi connectivity index (χ3v) is 3.10. The van der Waals surface area contributed by atoms with Crippen LogP contribution in [0.2, 0.25) is 0 Å². The van der Waals surface area contributed by atoms with Gasteiger partial charge in [0.15, 0.2) is 5.82 Å². The van der Waals surface area contributed by atoms with Gasteiger partial charge in [-0.2, -0.15) is 0 Å². The van der Waals surface area contributed by atoms with Crippen molar-refractivity contribution < 1.29 is 9.50 Å². The first kappa shape index (κ1) is 14.1. The molecule has 19 heavy (non-hydrogen) atoms. The van der Waals surface area contributed by atoms with Crippen molar-refractivity contribution in [2.24, 2.45) is 0 Å². The number of hydrogen-bond acceptors (Lipinski definition) is 3. The Kier molecular flexibility index (Phi) is 3.69. The molecule has 0 atom stereocenters. The standard InChI is InChI=1S/C14H14BrFN2O/c1-8-6-12(18-13(17-8)14(2,3)19)10-7-9(15)4-5-11(10)16/h4-7,19H,1-3H3. The molecular formula is C14H14BrFN2O. The Labute approximate surface area is 119 Å². The molecule has 1 aromatic carbocycles. The van der Waals surface area contributed by atoms with Crippen LogP contribution in [0.25, 0.3) is 11.3 Å². The lowest BCUT2D eigenvalue weighted by Crippen LogP contribution is -2.20. The Balaban J connectivity index is 2.63. The fourth-order valence-electron chi connectivity index (χ4n) is 1.67. The maximum absolute atomic E-state index is 13.9. The molecule has 1 N–H and O–H groups in total. The van der Waals surface area contributed by atoms with Crippen molar-refractivity contribution in [2.45, 2.75) is 26.4 Å². The maximum atomic E-state index is 13.9. The minimum atomic E-state index is -1.16. The molecule has 0 aliphatic heterocycles. The van der Waals surface area contributed by atoms with E-state index in [1.807, 2.05) is 0 Å². The molecule has 0 saturated heterocycles. The van der Waals surface area contributed by atoms with Crippen LogP contribution in [0.1, 0.15) is 25.4 Å². The highest BCUT2D eigenvalue weighted by molar-refractivity contribution is 9.10. The molecule has 0 unspecified atom stereocenters. The average molecular weight is 325 g/mol. The van der Waals surface area contributed by atoms with Crippen molar-refractivity contribution >= 4 is 15.9 Å². The van der Waals surface area contributed by atoms with Crippen LogP contribution >= 0.6 is 15.9 Å². The summed E-state index contributed by atoms with van der Waals surface area (Å²) in [5.41, 5.74) is 0.360. The summed E-state index contributed by atoms with van der Waals surface area (Å²) in [5, 5.41) is 9.98. The number of benzene rings is 1. The van der Waals surface area contributed by atoms with E-state index < -0.39 is 5.60 Å². The molecule has 2 aromatic rings. The molecule has 0 bridgehead atoms. The van der Waals surface area contributed by atoms with E-state index in [0.29, 0.717) is 17.0 Å². The largest absolute Gasteiger partial charge is 0.382 e. The van der Waals surface area contributed by atoms with E-state index in [9.17, 15) is 9.50 Å². The zero-order valence-electron chi connectivity index (χ0n) is 10.9. The van der Waals surface area contributed by atoms with E-state index in [1.165, 1.54) is 6.07 Å². The van der Waals surface area contributed by atoms with Gasteiger partial charge in [-0.05, 0) is 45.0 Å². The second kappa shape index (κ2) is 4.98. The molecule has 0 radical (unpaired) electrons. The summed E-state index contributed by atoms with van der Waals surface area (Å²) >= 11 is 3.31.